The first-order valence-electron chi connectivity index (χ1n) is 33.5. The molecule has 16 aromatic carbocycles. The Morgan fingerprint density at radius 3 is 1.43 bits per heavy atom. The minimum absolute atomic E-state index is 0. The number of benzene rings is 11. The summed E-state index contributed by atoms with van der Waals surface area (Å²) < 4.78 is 27.5. The summed E-state index contributed by atoms with van der Waals surface area (Å²) in [6, 6.07) is 0. The number of hydrogen-bond acceptors (Lipinski definition) is 6. The van der Waals surface area contributed by atoms with E-state index in [-0.39, 0.29) is 71.3 Å². The van der Waals surface area contributed by atoms with Gasteiger partial charge in [-0.3, -0.25) is 0 Å². The number of allylic oxidation sites excluding steroid dienone is 2. The van der Waals surface area contributed by atoms with Crippen molar-refractivity contribution in [2.75, 3.05) is 119 Å². The summed E-state index contributed by atoms with van der Waals surface area (Å²) in [5, 5.41) is 54.1. The summed E-state index contributed by atoms with van der Waals surface area (Å²) in [6.07, 6.45) is 0. The van der Waals surface area contributed by atoms with E-state index in [1.54, 1.807) is 167 Å². The lowest BCUT2D eigenvalue weighted by Crippen LogP contribution is -3.00. The average Bonchev–Trinajstić information content (AvgIpc) is 1.38. The average molecular weight is 1250 g/mol. The van der Waals surface area contributed by atoms with Crippen LogP contribution in [0.5, 0.6) is 0 Å². The van der Waals surface area contributed by atoms with E-state index in [0.29, 0.717) is 88.2 Å². The number of rotatable bonds is 16. The van der Waals surface area contributed by atoms with Crippen LogP contribution in [0.25, 0.3) is 178 Å². The smallest absolute Gasteiger partial charge is 0.102 e. The molecule has 0 bridgehead atoms. The van der Waals surface area contributed by atoms with Crippen LogP contribution in [-0.2, 0) is 35.2 Å². The summed E-state index contributed by atoms with van der Waals surface area (Å²) in [5.41, 5.74) is 46.9. The highest BCUT2D eigenvalue weighted by molar-refractivity contribution is 6.70. The van der Waals surface area contributed by atoms with Gasteiger partial charge in [-0.05, 0) is 273 Å². The Bertz CT molecular complexity index is 6860. The fourth-order valence-electron chi connectivity index (χ4n) is 31.9. The second-order valence-electron chi connectivity index (χ2n) is 33.1. The third-order valence-electron chi connectivity index (χ3n) is 31.7. The van der Waals surface area contributed by atoms with Crippen molar-refractivity contribution in [2.24, 2.45) is 16.9 Å². The SMILES string of the molecule is C[N+]1(CCOCCOCCN)CC23C4=c5c6c7c8c9c%10c%11c%12c%13c%14c%15c%16c%17c%18c%19c%20c%21c%22c%23c%24c(c2c%22c2c%22c%25c%26c(c5c(c6%10)c5c%11c6c%13c(c%14%18)c%10c%19c(c%212)c%25c%10c6c%265)C%223C1)C4C7C1=C%24C(=C%16C2(C[N+](C)(CCOCCOCCN)CC182)C%15C9%12)C%23C%17%20.Cl.Cl.[Cl-].[Cl-]. The summed E-state index contributed by atoms with van der Waals surface area (Å²) in [4.78, 5) is 0. The van der Waals surface area contributed by atoms with Crippen molar-refractivity contribution in [1.29, 1.82) is 0 Å². The Kier molecular flexibility index (Phi) is 6.11. The molecule has 34 rings (SSSR count). The molecule has 2 fully saturated rings. The van der Waals surface area contributed by atoms with Gasteiger partial charge in [0.2, 0.25) is 0 Å². The molecule has 434 valence electrons. The van der Waals surface area contributed by atoms with Gasteiger partial charge in [-0.25, -0.2) is 0 Å². The van der Waals surface area contributed by atoms with E-state index >= 15 is 0 Å². The number of nitrogens with zero attached hydrogens (tertiary/aromatic N) is 2. The molecule has 2 saturated heterocycles. The number of hydrogen-bond donors (Lipinski definition) is 2. The standard InChI is InChI=1S/C78H48N4O4.4ClH/c1-81(5-9-85-13-11-83-7-3-79)15-75-67-51-39-27-19-20-24-21-25-33-41(29(21)27)53(51)69(75)59-47(33)38-46-36(25)44-32(24)40-28(20)30-22-23(19)31(39)43-35-26(22)34-42(30)54-52(40)68-56(44)58(46)72-64-49(38)61(59)73-65-63-50-37(45(35)57(55(43)67)71(63)77(73,75)17-81)48(34)60-62(50)74(66(64)65)78(72)18-82(2,16-76(68,78)70(54)60)6-10-86-14-12-84-8-4-80;;;;/h33,47,55,65-67H,3-18,79-80H2,1-2H3;4*1H/q+2;;;;/p-2. The Morgan fingerprint density at radius 1 is 0.356 bits per heavy atom. The summed E-state index contributed by atoms with van der Waals surface area (Å²) >= 11 is 0. The first kappa shape index (κ1) is 46.4. The molecule has 16 aliphatic carbocycles. The number of likely N-dealkylation sites (N-methyl/N-ethyl adjacent to an activating group) is 2. The predicted molar refractivity (Wildman–Crippen MR) is 352 cm³/mol. The molecule has 12 heteroatoms. The summed E-state index contributed by atoms with van der Waals surface area (Å²) in [7, 11) is 5.48. The molecule has 12 unspecified atom stereocenters. The van der Waals surface area contributed by atoms with Crippen LogP contribution in [-0.4, -0.2) is 128 Å². The molecule has 0 amide bonds. The van der Waals surface area contributed by atoms with Crippen LogP contribution in [0.1, 0.15) is 113 Å². The maximum atomic E-state index is 6.76. The third kappa shape index (κ3) is 3.03. The van der Waals surface area contributed by atoms with Gasteiger partial charge < -0.3 is 64.2 Å². The molecule has 0 radical (unpaired) electrons. The highest BCUT2D eigenvalue weighted by atomic mass is 35.5. The molecule has 16 aromatic rings. The number of likely N-dealkylation sites (tertiary alicyclic amines) is 2. The molecule has 0 aromatic heterocycles. The fourth-order valence-corrected chi connectivity index (χ4v) is 31.9. The van der Waals surface area contributed by atoms with Crippen LogP contribution < -0.4 is 41.5 Å². The van der Waals surface area contributed by atoms with Gasteiger partial charge in [0.1, 0.15) is 13.1 Å². The third-order valence-corrected chi connectivity index (χ3v) is 31.7. The van der Waals surface area contributed by atoms with Gasteiger partial charge in [0.05, 0.1) is 115 Å². The van der Waals surface area contributed by atoms with Gasteiger partial charge in [0, 0.05) is 48.6 Å². The second kappa shape index (κ2) is 11.9. The molecular weight excluding hydrogens is 1200 g/mol. The van der Waals surface area contributed by atoms with Gasteiger partial charge in [-0.2, -0.15) is 0 Å². The topological polar surface area (TPSA) is 89.0 Å². The number of nitrogens with two attached hydrogens (primary N) is 2. The van der Waals surface area contributed by atoms with Crippen molar-refractivity contribution in [2.45, 2.75) is 51.8 Å². The van der Waals surface area contributed by atoms with E-state index in [1.807, 2.05) is 106 Å². The summed E-state index contributed by atoms with van der Waals surface area (Å²) in [6.45, 7) is 13.0. The number of ether oxygens (including phenoxy) is 4. The van der Waals surface area contributed by atoms with Crippen LogP contribution in [0.15, 0.2) is 11.1 Å². The molecule has 12 atom stereocenters. The molecule has 8 nitrogen and oxygen atoms in total. The molecule has 90 heavy (non-hydrogen) atoms. The van der Waals surface area contributed by atoms with Crippen molar-refractivity contribution >= 4 is 203 Å². The molecule has 4 N–H and O–H groups in total. The van der Waals surface area contributed by atoms with E-state index in [1.165, 1.54) is 13.1 Å². The fraction of sp³-hybridized carbons (Fsp3) is 0.359. The van der Waals surface area contributed by atoms with Gasteiger partial charge in [0.25, 0.3) is 0 Å². The quantitative estimate of drug-likeness (QED) is 0.0708. The van der Waals surface area contributed by atoms with E-state index in [9.17, 15) is 0 Å². The van der Waals surface area contributed by atoms with Crippen molar-refractivity contribution < 1.29 is 52.7 Å². The van der Waals surface area contributed by atoms with Crippen molar-refractivity contribution in [3.8, 4) is 0 Å². The lowest BCUT2D eigenvalue weighted by molar-refractivity contribution is -0.901. The first-order valence-corrected chi connectivity index (χ1v) is 33.5. The highest BCUT2D eigenvalue weighted by Crippen LogP contribution is 2.95. The summed E-state index contributed by atoms with van der Waals surface area (Å²) in [5.74, 6) is 2.32. The molecule has 18 aliphatic rings. The molecular formula is C78H50Cl4N4O4. The monoisotopic (exact) mass is 1250 g/mol. The molecule has 0 saturated carbocycles. The van der Waals surface area contributed by atoms with Crippen LogP contribution in [0.4, 0.5) is 0 Å². The largest absolute Gasteiger partial charge is 1.00 e. The Morgan fingerprint density at radius 2 is 0.789 bits per heavy atom. The zero-order valence-corrected chi connectivity index (χ0v) is 52.2. The van der Waals surface area contributed by atoms with Crippen molar-refractivity contribution in [3.05, 3.63) is 94.3 Å². The molecule has 2 heterocycles. The zero-order chi connectivity index (χ0) is 53.5. The van der Waals surface area contributed by atoms with Gasteiger partial charge in [0.15, 0.2) is 0 Å². The van der Waals surface area contributed by atoms with Crippen molar-refractivity contribution in [1.82, 2.24) is 0 Å². The Balaban J connectivity index is 0.00000116. The van der Waals surface area contributed by atoms with Crippen LogP contribution in [0.3, 0.4) is 0 Å². The van der Waals surface area contributed by atoms with Gasteiger partial charge >= 0.3 is 0 Å². The first-order chi connectivity index (χ1) is 42.4. The minimum Gasteiger partial charge on any atom is -1.00 e. The van der Waals surface area contributed by atoms with Crippen LogP contribution >= 0.6 is 24.8 Å². The van der Waals surface area contributed by atoms with Crippen LogP contribution in [0, 0.1) is 5.41 Å². The number of halogens is 4. The normalized spacial score (nSPS) is 34.3. The van der Waals surface area contributed by atoms with Crippen molar-refractivity contribution in [3.63, 3.8) is 0 Å². The maximum Gasteiger partial charge on any atom is 0.102 e. The van der Waals surface area contributed by atoms with Crippen LogP contribution in [0.2, 0.25) is 0 Å². The zero-order valence-electron chi connectivity index (χ0n) is 49.0. The van der Waals surface area contributed by atoms with E-state index in [2.05, 4.69) is 14.1 Å². The van der Waals surface area contributed by atoms with E-state index in [4.69, 9.17) is 30.4 Å². The molecule has 4 spiro atoms. The Hall–Kier alpha value is -5.66. The highest BCUT2D eigenvalue weighted by Gasteiger charge is 2.88. The van der Waals surface area contributed by atoms with Gasteiger partial charge in [-0.15, -0.1) is 24.8 Å². The van der Waals surface area contributed by atoms with E-state index in [0.717, 1.165) is 48.4 Å². The Labute approximate surface area is 534 Å². The maximum absolute atomic E-state index is 6.76. The van der Waals surface area contributed by atoms with Gasteiger partial charge in [-0.1, -0.05) is 0 Å². The minimum atomic E-state index is -0.186. The lowest BCUT2D eigenvalue weighted by atomic mass is 9.42. The number of quaternary nitrogens is 2. The molecule has 2 aliphatic heterocycles. The van der Waals surface area contributed by atoms with E-state index < -0.39 is 0 Å². The lowest BCUT2D eigenvalue weighted by Gasteiger charge is -2.56. The predicted octanol–water partition coefficient (Wildman–Crippen LogP) is 5.94. The second-order valence-corrected chi connectivity index (χ2v) is 33.1.